The van der Waals surface area contributed by atoms with Crippen LogP contribution in [0.3, 0.4) is 0 Å². The Kier molecular flexibility index (Phi) is 5.45. The number of carbonyl (C=O) groups is 2. The van der Waals surface area contributed by atoms with Gasteiger partial charge >= 0.3 is 5.97 Å². The number of carbonyl (C=O) groups excluding carboxylic acids is 1. The zero-order valence-corrected chi connectivity index (χ0v) is 10.7. The first-order valence-electron chi connectivity index (χ1n) is 6.59. The highest BCUT2D eigenvalue weighted by Crippen LogP contribution is 2.31. The number of amides is 1. The molecule has 2 N–H and O–H groups in total. The summed E-state index contributed by atoms with van der Waals surface area (Å²) in [6.07, 6.45) is 5.35. The maximum Gasteiger partial charge on any atom is 0.326 e. The Hall–Kier alpha value is -1.06. The van der Waals surface area contributed by atoms with Crippen LogP contribution >= 0.6 is 0 Å². The topological polar surface area (TPSA) is 66.4 Å². The van der Waals surface area contributed by atoms with E-state index in [2.05, 4.69) is 12.2 Å². The number of hydrogen-bond donors (Lipinski definition) is 2. The van der Waals surface area contributed by atoms with E-state index in [4.69, 9.17) is 5.11 Å². The minimum atomic E-state index is -0.919. The van der Waals surface area contributed by atoms with Crippen molar-refractivity contribution in [1.82, 2.24) is 5.32 Å². The molecule has 0 bridgehead atoms. The van der Waals surface area contributed by atoms with Crippen molar-refractivity contribution in [2.45, 2.75) is 58.4 Å². The molecule has 0 aromatic rings. The molecule has 0 heterocycles. The molecule has 0 radical (unpaired) electrons. The van der Waals surface area contributed by atoms with E-state index in [-0.39, 0.29) is 11.8 Å². The van der Waals surface area contributed by atoms with E-state index in [0.717, 1.165) is 32.1 Å². The molecule has 4 nitrogen and oxygen atoms in total. The van der Waals surface area contributed by atoms with Crippen molar-refractivity contribution in [3.05, 3.63) is 0 Å². The fourth-order valence-corrected chi connectivity index (χ4v) is 2.48. The van der Waals surface area contributed by atoms with Crippen molar-refractivity contribution in [3.8, 4) is 0 Å². The van der Waals surface area contributed by atoms with Gasteiger partial charge in [-0.05, 0) is 25.2 Å². The molecule has 0 spiro atoms. The average Bonchev–Trinajstić information content (AvgIpc) is 2.70. The average molecular weight is 241 g/mol. The van der Waals surface area contributed by atoms with Gasteiger partial charge in [0.25, 0.3) is 0 Å². The lowest BCUT2D eigenvalue weighted by Crippen LogP contribution is -2.44. The van der Waals surface area contributed by atoms with Crippen LogP contribution in [0.4, 0.5) is 0 Å². The largest absolute Gasteiger partial charge is 0.480 e. The maximum absolute atomic E-state index is 12.0. The molecule has 3 atom stereocenters. The van der Waals surface area contributed by atoms with Gasteiger partial charge in [0.2, 0.25) is 5.91 Å². The molecule has 0 saturated heterocycles. The summed E-state index contributed by atoms with van der Waals surface area (Å²) in [6, 6.07) is -0.713. The van der Waals surface area contributed by atoms with Gasteiger partial charge in [-0.15, -0.1) is 0 Å². The second-order valence-corrected chi connectivity index (χ2v) is 5.06. The van der Waals surface area contributed by atoms with Crippen molar-refractivity contribution in [3.63, 3.8) is 0 Å². The first-order valence-corrected chi connectivity index (χ1v) is 6.59. The number of nitrogens with one attached hydrogen (secondary N) is 1. The molecule has 1 saturated carbocycles. The van der Waals surface area contributed by atoms with Crippen LogP contribution in [0.1, 0.15) is 52.4 Å². The summed E-state index contributed by atoms with van der Waals surface area (Å²) < 4.78 is 0. The molecule has 0 aliphatic heterocycles. The highest BCUT2D eigenvalue weighted by Gasteiger charge is 2.31. The first-order chi connectivity index (χ1) is 8.06. The van der Waals surface area contributed by atoms with E-state index in [9.17, 15) is 9.59 Å². The summed E-state index contributed by atoms with van der Waals surface area (Å²) in [5.74, 6) is -0.593. The van der Waals surface area contributed by atoms with Crippen molar-refractivity contribution in [2.24, 2.45) is 11.8 Å². The zero-order chi connectivity index (χ0) is 12.8. The minimum Gasteiger partial charge on any atom is -0.480 e. The van der Waals surface area contributed by atoms with Gasteiger partial charge < -0.3 is 10.4 Å². The Morgan fingerprint density at radius 2 is 2.12 bits per heavy atom. The maximum atomic E-state index is 12.0. The number of rotatable bonds is 6. The van der Waals surface area contributed by atoms with Gasteiger partial charge in [-0.2, -0.15) is 0 Å². The summed E-state index contributed by atoms with van der Waals surface area (Å²) in [5, 5.41) is 11.7. The van der Waals surface area contributed by atoms with E-state index in [1.165, 1.54) is 0 Å². The Morgan fingerprint density at radius 1 is 1.41 bits per heavy atom. The molecule has 0 aromatic heterocycles. The Labute approximate surface area is 103 Å². The summed E-state index contributed by atoms with van der Waals surface area (Å²) in [5.41, 5.74) is 0. The molecule has 98 valence electrons. The predicted molar refractivity (Wildman–Crippen MR) is 65.6 cm³/mol. The Bertz CT molecular complexity index is 278. The lowest BCUT2D eigenvalue weighted by atomic mass is 9.96. The van der Waals surface area contributed by atoms with Gasteiger partial charge in [0.1, 0.15) is 6.04 Å². The first kappa shape index (κ1) is 14.0. The highest BCUT2D eigenvalue weighted by molar-refractivity contribution is 5.85. The molecule has 2 unspecified atom stereocenters. The molecular weight excluding hydrogens is 218 g/mol. The summed E-state index contributed by atoms with van der Waals surface area (Å²) in [6.45, 7) is 4.08. The SMILES string of the molecule is CCCC[C@H](NC(=O)C1CCCC1C)C(=O)O. The van der Waals surface area contributed by atoms with Crippen molar-refractivity contribution >= 4 is 11.9 Å². The second kappa shape index (κ2) is 6.62. The molecule has 0 aromatic carbocycles. The second-order valence-electron chi connectivity index (χ2n) is 5.06. The monoisotopic (exact) mass is 241 g/mol. The van der Waals surface area contributed by atoms with Crippen LogP contribution in [-0.4, -0.2) is 23.0 Å². The molecule has 1 aliphatic rings. The van der Waals surface area contributed by atoms with Gasteiger partial charge in [-0.3, -0.25) is 4.79 Å². The molecule has 1 aliphatic carbocycles. The van der Waals surface area contributed by atoms with Crippen LogP contribution < -0.4 is 5.32 Å². The van der Waals surface area contributed by atoms with E-state index < -0.39 is 12.0 Å². The van der Waals surface area contributed by atoms with Gasteiger partial charge in [-0.1, -0.05) is 33.1 Å². The molecule has 1 amide bonds. The summed E-state index contributed by atoms with van der Waals surface area (Å²) in [7, 11) is 0. The third kappa shape index (κ3) is 4.02. The zero-order valence-electron chi connectivity index (χ0n) is 10.7. The lowest BCUT2D eigenvalue weighted by Gasteiger charge is -2.19. The van der Waals surface area contributed by atoms with Crippen LogP contribution in [0, 0.1) is 11.8 Å². The Balaban J connectivity index is 2.48. The van der Waals surface area contributed by atoms with E-state index in [1.807, 2.05) is 6.92 Å². The minimum absolute atomic E-state index is 0.0125. The Morgan fingerprint density at radius 3 is 2.59 bits per heavy atom. The number of carboxylic acid groups (broad SMARTS) is 1. The van der Waals surface area contributed by atoms with Crippen molar-refractivity contribution < 1.29 is 14.7 Å². The fraction of sp³-hybridized carbons (Fsp3) is 0.846. The van der Waals surface area contributed by atoms with Crippen LogP contribution in [0.2, 0.25) is 0 Å². The number of carboxylic acids is 1. The van der Waals surface area contributed by atoms with E-state index >= 15 is 0 Å². The third-order valence-electron chi connectivity index (χ3n) is 3.66. The molecular formula is C13H23NO3. The fourth-order valence-electron chi connectivity index (χ4n) is 2.48. The van der Waals surface area contributed by atoms with Gasteiger partial charge in [0.15, 0.2) is 0 Å². The molecule has 17 heavy (non-hydrogen) atoms. The van der Waals surface area contributed by atoms with E-state index in [1.54, 1.807) is 0 Å². The van der Waals surface area contributed by atoms with E-state index in [0.29, 0.717) is 12.3 Å². The quantitative estimate of drug-likeness (QED) is 0.749. The van der Waals surface area contributed by atoms with Crippen LogP contribution in [0.5, 0.6) is 0 Å². The lowest BCUT2D eigenvalue weighted by molar-refractivity contribution is -0.142. The molecule has 1 rings (SSSR count). The highest BCUT2D eigenvalue weighted by atomic mass is 16.4. The standard InChI is InChI=1S/C13H23NO3/c1-3-4-8-11(13(16)17)14-12(15)10-7-5-6-9(10)2/h9-11H,3-8H2,1-2H3,(H,14,15)(H,16,17)/t9?,10?,11-/m0/s1. The predicted octanol–water partition coefficient (Wildman–Crippen LogP) is 2.18. The van der Waals surface area contributed by atoms with Crippen LogP contribution in [0.15, 0.2) is 0 Å². The van der Waals surface area contributed by atoms with Crippen LogP contribution in [-0.2, 0) is 9.59 Å². The summed E-state index contributed by atoms with van der Waals surface area (Å²) >= 11 is 0. The number of hydrogen-bond acceptors (Lipinski definition) is 2. The molecule has 4 heteroatoms. The van der Waals surface area contributed by atoms with Gasteiger partial charge in [0.05, 0.1) is 0 Å². The van der Waals surface area contributed by atoms with Gasteiger partial charge in [-0.25, -0.2) is 4.79 Å². The number of aliphatic carboxylic acids is 1. The molecule has 1 fully saturated rings. The summed E-state index contributed by atoms with van der Waals surface area (Å²) in [4.78, 5) is 23.0. The number of unbranched alkanes of at least 4 members (excludes halogenated alkanes) is 1. The third-order valence-corrected chi connectivity index (χ3v) is 3.66. The van der Waals surface area contributed by atoms with Crippen molar-refractivity contribution in [1.29, 1.82) is 0 Å². The smallest absolute Gasteiger partial charge is 0.326 e. The normalized spacial score (nSPS) is 25.5. The van der Waals surface area contributed by atoms with Gasteiger partial charge in [0, 0.05) is 5.92 Å². The van der Waals surface area contributed by atoms with Crippen molar-refractivity contribution in [2.75, 3.05) is 0 Å². The van der Waals surface area contributed by atoms with Crippen LogP contribution in [0.25, 0.3) is 0 Å².